The van der Waals surface area contributed by atoms with E-state index in [-0.39, 0.29) is 5.91 Å². The third-order valence-corrected chi connectivity index (χ3v) is 3.81. The zero-order valence-corrected chi connectivity index (χ0v) is 12.7. The molecule has 0 radical (unpaired) electrons. The van der Waals surface area contributed by atoms with E-state index in [0.717, 1.165) is 11.3 Å². The van der Waals surface area contributed by atoms with E-state index in [1.165, 1.54) is 0 Å². The van der Waals surface area contributed by atoms with Crippen molar-refractivity contribution in [2.75, 3.05) is 26.8 Å². The van der Waals surface area contributed by atoms with Gasteiger partial charge in [-0.1, -0.05) is 12.1 Å². The molecule has 1 unspecified atom stereocenters. The molecule has 116 valence electrons. The van der Waals surface area contributed by atoms with Gasteiger partial charge in [0, 0.05) is 19.2 Å². The van der Waals surface area contributed by atoms with Crippen molar-refractivity contribution >= 4 is 12.0 Å². The molecule has 5 nitrogen and oxygen atoms in total. The molecule has 1 fully saturated rings. The van der Waals surface area contributed by atoms with Gasteiger partial charge in [-0.3, -0.25) is 4.79 Å². The molecule has 1 aromatic carbocycles. The van der Waals surface area contributed by atoms with Crippen molar-refractivity contribution < 1.29 is 19.0 Å². The van der Waals surface area contributed by atoms with E-state index in [1.807, 2.05) is 37.3 Å². The van der Waals surface area contributed by atoms with Crippen LogP contribution in [0.15, 0.2) is 42.2 Å². The van der Waals surface area contributed by atoms with Gasteiger partial charge in [-0.25, -0.2) is 0 Å². The summed E-state index contributed by atoms with van der Waals surface area (Å²) in [5.74, 6) is -0.0231. The molecule has 22 heavy (non-hydrogen) atoms. The lowest BCUT2D eigenvalue weighted by Gasteiger charge is -2.36. The van der Waals surface area contributed by atoms with Crippen LogP contribution in [0.3, 0.4) is 0 Å². The Morgan fingerprint density at radius 2 is 2.14 bits per heavy atom. The Morgan fingerprint density at radius 3 is 2.82 bits per heavy atom. The summed E-state index contributed by atoms with van der Waals surface area (Å²) >= 11 is 0. The number of amides is 1. The first-order valence-corrected chi connectivity index (χ1v) is 7.34. The van der Waals surface area contributed by atoms with Crippen LogP contribution in [0.4, 0.5) is 0 Å². The van der Waals surface area contributed by atoms with Gasteiger partial charge >= 0.3 is 5.79 Å². The van der Waals surface area contributed by atoms with E-state index < -0.39 is 5.79 Å². The minimum absolute atomic E-state index is 0.143. The summed E-state index contributed by atoms with van der Waals surface area (Å²) in [6.07, 6.45) is 5.33. The number of morpholine rings is 1. The minimum atomic E-state index is -1.29. The number of benzene rings is 1. The van der Waals surface area contributed by atoms with Crippen molar-refractivity contribution in [3.8, 4) is 5.75 Å². The van der Waals surface area contributed by atoms with Crippen LogP contribution in [0.1, 0.15) is 12.5 Å². The number of hydrogen-bond donors (Lipinski definition) is 0. The number of ether oxygens (including phenoxy) is 3. The number of methoxy groups -OCH3 is 1. The maximum absolute atomic E-state index is 12.4. The summed E-state index contributed by atoms with van der Waals surface area (Å²) in [5.41, 5.74) is 0.966. The largest absolute Gasteiger partial charge is 0.497 e. The van der Waals surface area contributed by atoms with Crippen molar-refractivity contribution in [1.82, 2.24) is 4.90 Å². The van der Waals surface area contributed by atoms with Crippen LogP contribution in [-0.4, -0.2) is 43.4 Å². The zero-order chi connectivity index (χ0) is 15.6. The van der Waals surface area contributed by atoms with E-state index in [4.69, 9.17) is 14.2 Å². The number of carbonyl (C=O) groups excluding carboxylic acids is 1. The fourth-order valence-electron chi connectivity index (χ4n) is 2.56. The maximum Gasteiger partial charge on any atom is 0.311 e. The molecule has 0 N–H and O–H groups in total. The average molecular weight is 301 g/mol. The lowest BCUT2D eigenvalue weighted by atomic mass is 10.2. The predicted octanol–water partition coefficient (Wildman–Crippen LogP) is 2.20. The van der Waals surface area contributed by atoms with Crippen LogP contribution in [0.25, 0.3) is 6.08 Å². The van der Waals surface area contributed by atoms with Gasteiger partial charge in [0.05, 0.1) is 13.7 Å². The van der Waals surface area contributed by atoms with Crippen molar-refractivity contribution in [1.29, 1.82) is 0 Å². The molecule has 2 aliphatic heterocycles. The van der Waals surface area contributed by atoms with Gasteiger partial charge in [0.2, 0.25) is 0 Å². The highest BCUT2D eigenvalue weighted by Crippen LogP contribution is 2.32. The van der Waals surface area contributed by atoms with Gasteiger partial charge in [0.1, 0.15) is 11.5 Å². The summed E-state index contributed by atoms with van der Waals surface area (Å²) in [6, 6.07) is 7.61. The highest BCUT2D eigenvalue weighted by Gasteiger charge is 2.48. The van der Waals surface area contributed by atoms with Crippen molar-refractivity contribution in [3.63, 3.8) is 0 Å². The molecule has 1 aromatic rings. The number of nitrogens with zero attached hydrogens (tertiary/aromatic N) is 1. The Balaban J connectivity index is 1.78. The molecular formula is C17H19NO4. The Labute approximate surface area is 129 Å². The van der Waals surface area contributed by atoms with Crippen molar-refractivity contribution in [2.45, 2.75) is 12.7 Å². The predicted molar refractivity (Wildman–Crippen MR) is 82.1 cm³/mol. The number of carbonyl (C=O) groups is 1. The summed E-state index contributed by atoms with van der Waals surface area (Å²) < 4.78 is 16.5. The Morgan fingerprint density at radius 1 is 1.36 bits per heavy atom. The third kappa shape index (κ3) is 2.60. The third-order valence-electron chi connectivity index (χ3n) is 3.81. The smallest absolute Gasteiger partial charge is 0.311 e. The normalized spacial score (nSPS) is 25.8. The topological polar surface area (TPSA) is 48.0 Å². The Bertz CT molecular complexity index is 620. The van der Waals surface area contributed by atoms with Gasteiger partial charge in [-0.05, 0) is 36.8 Å². The molecule has 3 rings (SSSR count). The second-order valence-electron chi connectivity index (χ2n) is 5.16. The molecular weight excluding hydrogens is 282 g/mol. The highest BCUT2D eigenvalue weighted by molar-refractivity contribution is 5.87. The standard InChI is InChI=1S/C17H19NO4/c1-3-18-10-11-21-17(16(18)19)9-8-15(22-17)12-13-4-6-14(20-2)7-5-13/h4-9,12H,3,10-11H2,1-2H3/b15-12+. The first kappa shape index (κ1) is 14.7. The van der Waals surface area contributed by atoms with E-state index >= 15 is 0 Å². The summed E-state index contributed by atoms with van der Waals surface area (Å²) in [4.78, 5) is 14.2. The molecule has 1 spiro atoms. The van der Waals surface area contributed by atoms with Crippen LogP contribution >= 0.6 is 0 Å². The quantitative estimate of drug-likeness (QED) is 0.859. The second kappa shape index (κ2) is 5.85. The monoisotopic (exact) mass is 301 g/mol. The summed E-state index contributed by atoms with van der Waals surface area (Å²) in [6.45, 7) is 3.67. The fraction of sp³-hybridized carbons (Fsp3) is 0.353. The van der Waals surface area contributed by atoms with Crippen LogP contribution in [0.2, 0.25) is 0 Å². The number of rotatable bonds is 3. The average Bonchev–Trinajstić information content (AvgIpc) is 2.95. The lowest BCUT2D eigenvalue weighted by Crippen LogP contribution is -2.55. The molecule has 1 atom stereocenters. The first-order chi connectivity index (χ1) is 10.7. The molecule has 0 aromatic heterocycles. The van der Waals surface area contributed by atoms with Gasteiger partial charge in [-0.2, -0.15) is 0 Å². The van der Waals surface area contributed by atoms with E-state index in [9.17, 15) is 4.79 Å². The SMILES string of the molecule is CCN1CCOC2(C=C/C(=C\c3ccc(OC)cc3)O2)C1=O. The molecule has 1 amide bonds. The number of likely N-dealkylation sites (N-methyl/N-ethyl adjacent to an activating group) is 1. The van der Waals surface area contributed by atoms with Crippen LogP contribution in [0.5, 0.6) is 5.75 Å². The van der Waals surface area contributed by atoms with Crippen LogP contribution in [0, 0.1) is 0 Å². The van der Waals surface area contributed by atoms with Gasteiger partial charge in [0.15, 0.2) is 0 Å². The fourth-order valence-corrected chi connectivity index (χ4v) is 2.56. The maximum atomic E-state index is 12.4. The Kier molecular flexibility index (Phi) is 3.90. The molecule has 5 heteroatoms. The van der Waals surface area contributed by atoms with E-state index in [0.29, 0.717) is 25.5 Å². The lowest BCUT2D eigenvalue weighted by molar-refractivity contribution is -0.213. The van der Waals surface area contributed by atoms with Crippen LogP contribution < -0.4 is 4.74 Å². The molecule has 1 saturated heterocycles. The minimum Gasteiger partial charge on any atom is -0.497 e. The first-order valence-electron chi connectivity index (χ1n) is 7.34. The van der Waals surface area contributed by atoms with Gasteiger partial charge in [-0.15, -0.1) is 0 Å². The number of hydrogen-bond acceptors (Lipinski definition) is 4. The Hall–Kier alpha value is -2.27. The molecule has 2 heterocycles. The summed E-state index contributed by atoms with van der Waals surface area (Å²) in [5, 5.41) is 0. The van der Waals surface area contributed by atoms with Gasteiger partial charge in [0.25, 0.3) is 5.91 Å². The van der Waals surface area contributed by atoms with Crippen molar-refractivity contribution in [3.05, 3.63) is 47.7 Å². The molecule has 0 saturated carbocycles. The second-order valence-corrected chi connectivity index (χ2v) is 5.16. The van der Waals surface area contributed by atoms with E-state index in [1.54, 1.807) is 24.2 Å². The number of allylic oxidation sites excluding steroid dienone is 1. The van der Waals surface area contributed by atoms with Crippen molar-refractivity contribution in [2.24, 2.45) is 0 Å². The molecule has 2 aliphatic rings. The summed E-state index contributed by atoms with van der Waals surface area (Å²) in [7, 11) is 1.63. The zero-order valence-electron chi connectivity index (χ0n) is 12.7. The molecule has 0 aliphatic carbocycles. The van der Waals surface area contributed by atoms with E-state index in [2.05, 4.69) is 0 Å². The highest BCUT2D eigenvalue weighted by atomic mass is 16.7. The van der Waals surface area contributed by atoms with Gasteiger partial charge < -0.3 is 19.1 Å². The van der Waals surface area contributed by atoms with Crippen LogP contribution in [-0.2, 0) is 14.3 Å². The molecule has 0 bridgehead atoms.